The average Bonchev–Trinajstić information content (AvgIpc) is 3.15. The van der Waals surface area contributed by atoms with Gasteiger partial charge in [0.2, 0.25) is 5.91 Å². The Kier molecular flexibility index (Phi) is 8.68. The zero-order valence-corrected chi connectivity index (χ0v) is 21.1. The van der Waals surface area contributed by atoms with Crippen molar-refractivity contribution in [1.29, 1.82) is 0 Å². The number of aromatic nitrogens is 2. The Morgan fingerprint density at radius 2 is 1.87 bits per heavy atom. The summed E-state index contributed by atoms with van der Waals surface area (Å²) in [6.07, 6.45) is -4.45. The van der Waals surface area contributed by atoms with Crippen LogP contribution in [0.25, 0.3) is 11.3 Å². The Labute approximate surface area is 220 Å². The Hall–Kier alpha value is -4.46. The molecule has 3 aromatic rings. The molecule has 0 bridgehead atoms. The number of hydrogen-bond acceptors (Lipinski definition) is 6. The summed E-state index contributed by atoms with van der Waals surface area (Å²) in [5, 5.41) is 24.6. The number of aromatic hydroxyl groups is 1. The number of nitrogens with two attached hydrogens (primary N) is 1. The first kappa shape index (κ1) is 28.1. The fraction of sp³-hybridized carbons (Fsp3) is 0.208. The fourth-order valence-corrected chi connectivity index (χ4v) is 3.55. The molecule has 6 N–H and O–H groups in total. The molecule has 0 atom stereocenters. The third kappa shape index (κ3) is 7.06. The van der Waals surface area contributed by atoms with Crippen molar-refractivity contribution in [1.82, 2.24) is 20.5 Å². The van der Waals surface area contributed by atoms with Crippen molar-refractivity contribution in [2.24, 2.45) is 17.9 Å². The fourth-order valence-electron chi connectivity index (χ4n) is 3.38. The monoisotopic (exact) mass is 547 g/mol. The molecule has 2 amide bonds. The molecule has 1 heterocycles. The quantitative estimate of drug-likeness (QED) is 0.165. The summed E-state index contributed by atoms with van der Waals surface area (Å²) >= 11 is 5.23. The van der Waals surface area contributed by atoms with E-state index in [-0.39, 0.29) is 40.9 Å². The zero-order valence-electron chi connectivity index (χ0n) is 20.3. The average molecular weight is 548 g/mol. The molecule has 0 radical (unpaired) electrons. The van der Waals surface area contributed by atoms with Crippen molar-refractivity contribution < 1.29 is 27.9 Å². The molecule has 0 saturated heterocycles. The Bertz CT molecular complexity index is 1390. The van der Waals surface area contributed by atoms with Crippen LogP contribution >= 0.6 is 12.2 Å². The molecular formula is C24H24F3N7O3S. The van der Waals surface area contributed by atoms with Crippen LogP contribution in [-0.2, 0) is 18.0 Å². The van der Waals surface area contributed by atoms with Crippen LogP contribution in [-0.4, -0.2) is 44.1 Å². The van der Waals surface area contributed by atoms with Crippen molar-refractivity contribution >= 4 is 40.5 Å². The lowest BCUT2D eigenvalue weighted by Crippen LogP contribution is -2.28. The van der Waals surface area contributed by atoms with Gasteiger partial charge in [-0.3, -0.25) is 19.7 Å². The van der Waals surface area contributed by atoms with Gasteiger partial charge in [-0.25, -0.2) is 0 Å². The lowest BCUT2D eigenvalue weighted by molar-refractivity contribution is -0.137. The molecule has 14 heteroatoms. The summed E-state index contributed by atoms with van der Waals surface area (Å²) < 4.78 is 39.9. The van der Waals surface area contributed by atoms with Gasteiger partial charge in [-0.15, -0.1) is 0 Å². The topological polar surface area (TPSA) is 147 Å². The van der Waals surface area contributed by atoms with Gasteiger partial charge in [0, 0.05) is 36.8 Å². The largest absolute Gasteiger partial charge is 0.504 e. The number of carbonyl (C=O) groups excluding carboxylic acids is 2. The number of carbonyl (C=O) groups is 2. The molecule has 0 aliphatic rings. The first-order chi connectivity index (χ1) is 17.9. The second kappa shape index (κ2) is 11.7. The standard InChI is InChI=1S/C24H24F3N7O3S/c1-13(19-21(36)20(34(2)33-19)14-6-8-16(9-7-14)24(25,26)27)31-32-23(38)30-17-5-3-4-15(12-17)22(37)29-11-10-18(28)35/h3-9,12,36H,10-11H2,1-2H3,(H2,28,35)(H,29,37)(H2,30,32,38)/b31-13+. The minimum Gasteiger partial charge on any atom is -0.504 e. The molecule has 10 nitrogen and oxygen atoms in total. The molecule has 0 aliphatic carbocycles. The minimum absolute atomic E-state index is 0.0205. The van der Waals surface area contributed by atoms with Crippen molar-refractivity contribution in [3.63, 3.8) is 0 Å². The molecular weight excluding hydrogens is 523 g/mol. The maximum absolute atomic E-state index is 12.9. The second-order valence-electron chi connectivity index (χ2n) is 8.06. The van der Waals surface area contributed by atoms with Crippen molar-refractivity contribution in [2.75, 3.05) is 11.9 Å². The summed E-state index contributed by atoms with van der Waals surface area (Å²) in [7, 11) is 1.54. The number of rotatable bonds is 8. The SMILES string of the molecule is C/C(=N\NC(=S)Nc1cccc(C(=O)NCCC(N)=O)c1)c1nn(C)c(-c2ccc(C(F)(F)F)cc2)c1O. The maximum Gasteiger partial charge on any atom is 0.416 e. The van der Waals surface area contributed by atoms with Crippen LogP contribution in [0.1, 0.15) is 35.0 Å². The smallest absolute Gasteiger partial charge is 0.416 e. The first-order valence-corrected chi connectivity index (χ1v) is 11.5. The summed E-state index contributed by atoms with van der Waals surface area (Å²) in [6.45, 7) is 1.67. The molecule has 0 fully saturated rings. The molecule has 1 aromatic heterocycles. The van der Waals surface area contributed by atoms with E-state index in [9.17, 15) is 27.9 Å². The molecule has 0 aliphatic heterocycles. The minimum atomic E-state index is -4.47. The molecule has 0 unspecified atom stereocenters. The number of thiocarbonyl (C=S) groups is 1. The number of halogens is 3. The molecule has 3 rings (SSSR count). The third-order valence-corrected chi connectivity index (χ3v) is 5.41. The van der Waals surface area contributed by atoms with Gasteiger partial charge in [-0.1, -0.05) is 18.2 Å². The van der Waals surface area contributed by atoms with Crippen LogP contribution in [0.4, 0.5) is 18.9 Å². The van der Waals surface area contributed by atoms with E-state index in [2.05, 4.69) is 26.3 Å². The van der Waals surface area contributed by atoms with E-state index in [0.717, 1.165) is 12.1 Å². The number of anilines is 1. The van der Waals surface area contributed by atoms with Crippen LogP contribution in [0.3, 0.4) is 0 Å². The van der Waals surface area contributed by atoms with Crippen molar-refractivity contribution in [2.45, 2.75) is 19.5 Å². The van der Waals surface area contributed by atoms with Gasteiger partial charge in [0.1, 0.15) is 5.69 Å². The van der Waals surface area contributed by atoms with Gasteiger partial charge in [-0.05, 0) is 49.5 Å². The number of amides is 2. The van der Waals surface area contributed by atoms with Gasteiger partial charge in [-0.2, -0.15) is 23.4 Å². The molecule has 2 aromatic carbocycles. The molecule has 200 valence electrons. The zero-order chi connectivity index (χ0) is 28.0. The third-order valence-electron chi connectivity index (χ3n) is 5.22. The van der Waals surface area contributed by atoms with Gasteiger partial charge in [0.25, 0.3) is 5.91 Å². The first-order valence-electron chi connectivity index (χ1n) is 11.1. The second-order valence-corrected chi connectivity index (χ2v) is 8.47. The summed E-state index contributed by atoms with van der Waals surface area (Å²) in [4.78, 5) is 23.0. The number of alkyl halides is 3. The predicted octanol–water partition coefficient (Wildman–Crippen LogP) is 3.13. The van der Waals surface area contributed by atoms with Gasteiger partial charge in [0.15, 0.2) is 16.6 Å². The Morgan fingerprint density at radius 1 is 1.18 bits per heavy atom. The van der Waals surface area contributed by atoms with Crippen LogP contribution in [0.5, 0.6) is 5.75 Å². The molecule has 0 spiro atoms. The lowest BCUT2D eigenvalue weighted by atomic mass is 10.1. The van der Waals surface area contributed by atoms with Crippen LogP contribution < -0.4 is 21.8 Å². The van der Waals surface area contributed by atoms with Crippen molar-refractivity contribution in [3.05, 3.63) is 65.4 Å². The summed E-state index contributed by atoms with van der Waals surface area (Å²) in [5.74, 6) is -1.18. The van der Waals surface area contributed by atoms with Crippen LogP contribution in [0.2, 0.25) is 0 Å². The highest BCUT2D eigenvalue weighted by Crippen LogP contribution is 2.35. The van der Waals surface area contributed by atoms with E-state index < -0.39 is 23.6 Å². The molecule has 38 heavy (non-hydrogen) atoms. The van der Waals surface area contributed by atoms with Crippen LogP contribution in [0.15, 0.2) is 53.6 Å². The summed E-state index contributed by atoms with van der Waals surface area (Å²) in [6, 6.07) is 10.8. The number of hydrogen-bond donors (Lipinski definition) is 5. The van der Waals surface area contributed by atoms with E-state index in [1.807, 2.05) is 0 Å². The number of aryl methyl sites for hydroxylation is 1. The predicted molar refractivity (Wildman–Crippen MR) is 139 cm³/mol. The number of benzene rings is 2. The van der Waals surface area contributed by atoms with Crippen LogP contribution in [0, 0.1) is 0 Å². The van der Waals surface area contributed by atoms with E-state index >= 15 is 0 Å². The van der Waals surface area contributed by atoms with Gasteiger partial charge in [0.05, 0.1) is 11.3 Å². The van der Waals surface area contributed by atoms with E-state index in [1.54, 1.807) is 38.2 Å². The number of nitrogens with one attached hydrogen (secondary N) is 3. The van der Waals surface area contributed by atoms with E-state index in [0.29, 0.717) is 16.8 Å². The van der Waals surface area contributed by atoms with Crippen molar-refractivity contribution in [3.8, 4) is 17.0 Å². The Morgan fingerprint density at radius 3 is 2.50 bits per heavy atom. The normalized spacial score (nSPS) is 11.7. The highest BCUT2D eigenvalue weighted by atomic mass is 32.1. The number of hydrazone groups is 1. The highest BCUT2D eigenvalue weighted by molar-refractivity contribution is 7.80. The van der Waals surface area contributed by atoms with E-state index in [1.165, 1.54) is 16.8 Å². The lowest BCUT2D eigenvalue weighted by Gasteiger charge is -2.10. The molecule has 0 saturated carbocycles. The maximum atomic E-state index is 12.9. The summed E-state index contributed by atoms with van der Waals surface area (Å²) in [5.41, 5.74) is 8.60. The number of primary amides is 1. The van der Waals surface area contributed by atoms with Gasteiger partial charge < -0.3 is 21.5 Å². The van der Waals surface area contributed by atoms with E-state index in [4.69, 9.17) is 18.0 Å². The number of nitrogens with zero attached hydrogens (tertiary/aromatic N) is 3. The highest BCUT2D eigenvalue weighted by Gasteiger charge is 2.30. The van der Waals surface area contributed by atoms with Gasteiger partial charge >= 0.3 is 6.18 Å². The Balaban J connectivity index is 1.67.